The highest BCUT2D eigenvalue weighted by Crippen LogP contribution is 2.27. The zero-order valence-corrected chi connectivity index (χ0v) is 16.7. The van der Waals surface area contributed by atoms with Crippen LogP contribution in [0.1, 0.15) is 28.1 Å². The molecule has 0 atom stereocenters. The number of nitrogens with zero attached hydrogens (tertiary/aromatic N) is 2. The lowest BCUT2D eigenvalue weighted by Crippen LogP contribution is -2.31. The molecule has 2 aromatic carbocycles. The summed E-state index contributed by atoms with van der Waals surface area (Å²) < 4.78 is 11.1. The van der Waals surface area contributed by atoms with Crippen molar-refractivity contribution in [1.29, 1.82) is 0 Å². The van der Waals surface area contributed by atoms with Crippen molar-refractivity contribution in [2.75, 3.05) is 12.4 Å². The number of urea groups is 1. The molecule has 146 valence electrons. The van der Waals surface area contributed by atoms with E-state index in [1.807, 2.05) is 69.3 Å². The highest BCUT2D eigenvalue weighted by molar-refractivity contribution is 5.90. The average Bonchev–Trinajstić information content (AvgIpc) is 3.00. The van der Waals surface area contributed by atoms with Crippen LogP contribution in [0.5, 0.6) is 5.75 Å². The molecule has 3 aromatic rings. The molecule has 2 amide bonds. The Balaban J connectivity index is 1.69. The van der Waals surface area contributed by atoms with Crippen molar-refractivity contribution in [3.05, 3.63) is 76.7 Å². The first-order chi connectivity index (χ1) is 13.4. The minimum absolute atomic E-state index is 0.228. The van der Waals surface area contributed by atoms with Crippen molar-refractivity contribution in [3.8, 4) is 5.75 Å². The molecule has 1 N–H and O–H groups in total. The van der Waals surface area contributed by atoms with E-state index in [2.05, 4.69) is 10.5 Å². The summed E-state index contributed by atoms with van der Waals surface area (Å²) in [7, 11) is 1.74. The molecule has 3 rings (SSSR count). The van der Waals surface area contributed by atoms with Gasteiger partial charge in [-0.25, -0.2) is 4.79 Å². The van der Waals surface area contributed by atoms with Crippen molar-refractivity contribution in [1.82, 2.24) is 10.1 Å². The maximum Gasteiger partial charge on any atom is 0.321 e. The van der Waals surface area contributed by atoms with Crippen LogP contribution in [-0.4, -0.2) is 23.1 Å². The van der Waals surface area contributed by atoms with Crippen LogP contribution in [-0.2, 0) is 13.2 Å². The predicted molar refractivity (Wildman–Crippen MR) is 108 cm³/mol. The van der Waals surface area contributed by atoms with Crippen molar-refractivity contribution in [2.24, 2.45) is 0 Å². The van der Waals surface area contributed by atoms with Gasteiger partial charge in [0, 0.05) is 12.6 Å². The van der Waals surface area contributed by atoms with Gasteiger partial charge < -0.3 is 19.5 Å². The molecule has 6 nitrogen and oxygen atoms in total. The quantitative estimate of drug-likeness (QED) is 0.665. The lowest BCUT2D eigenvalue weighted by atomic mass is 10.2. The Labute approximate surface area is 165 Å². The summed E-state index contributed by atoms with van der Waals surface area (Å²) in [4.78, 5) is 14.3. The van der Waals surface area contributed by atoms with Gasteiger partial charge in [-0.3, -0.25) is 0 Å². The van der Waals surface area contributed by atoms with E-state index in [1.54, 1.807) is 11.9 Å². The second kappa shape index (κ2) is 8.61. The van der Waals surface area contributed by atoms with E-state index in [0.717, 1.165) is 28.1 Å². The Morgan fingerprint density at radius 1 is 1.14 bits per heavy atom. The number of benzene rings is 2. The number of aromatic nitrogens is 1. The van der Waals surface area contributed by atoms with Crippen LogP contribution in [0.15, 0.2) is 53.1 Å². The maximum atomic E-state index is 12.7. The molecule has 0 saturated carbocycles. The fourth-order valence-corrected chi connectivity index (χ4v) is 2.83. The minimum Gasteiger partial charge on any atom is -0.487 e. The van der Waals surface area contributed by atoms with Gasteiger partial charge in [-0.05, 0) is 44.0 Å². The first kappa shape index (κ1) is 19.5. The number of nitrogens with one attached hydrogen (secondary N) is 1. The first-order valence-electron chi connectivity index (χ1n) is 9.15. The molecule has 0 fully saturated rings. The number of amides is 2. The Bertz CT molecular complexity index is 931. The zero-order chi connectivity index (χ0) is 20.1. The molecule has 0 aliphatic rings. The van der Waals surface area contributed by atoms with Gasteiger partial charge >= 0.3 is 6.03 Å². The van der Waals surface area contributed by atoms with E-state index < -0.39 is 0 Å². The minimum atomic E-state index is -0.228. The molecule has 1 aromatic heterocycles. The number of anilines is 1. The van der Waals surface area contributed by atoms with Gasteiger partial charge in [0.25, 0.3) is 0 Å². The highest BCUT2D eigenvalue weighted by Gasteiger charge is 2.17. The summed E-state index contributed by atoms with van der Waals surface area (Å²) in [6.07, 6.45) is 0. The van der Waals surface area contributed by atoms with Crippen molar-refractivity contribution in [3.63, 3.8) is 0 Å². The van der Waals surface area contributed by atoms with Crippen LogP contribution < -0.4 is 10.1 Å². The van der Waals surface area contributed by atoms with Gasteiger partial charge in [-0.15, -0.1) is 0 Å². The van der Waals surface area contributed by atoms with Gasteiger partial charge in [-0.1, -0.05) is 41.6 Å². The van der Waals surface area contributed by atoms with Crippen LogP contribution >= 0.6 is 0 Å². The maximum absolute atomic E-state index is 12.7. The van der Waals surface area contributed by atoms with E-state index in [0.29, 0.717) is 24.6 Å². The molecule has 0 aliphatic carbocycles. The Morgan fingerprint density at radius 3 is 2.57 bits per heavy atom. The number of ether oxygens (including phenoxy) is 1. The summed E-state index contributed by atoms with van der Waals surface area (Å²) in [6, 6.07) is 15.4. The smallest absolute Gasteiger partial charge is 0.321 e. The molecule has 0 bridgehead atoms. The largest absolute Gasteiger partial charge is 0.487 e. The summed E-state index contributed by atoms with van der Waals surface area (Å²) in [6.45, 7) is 6.55. The molecular formula is C22H25N3O3. The molecule has 0 spiro atoms. The third kappa shape index (κ3) is 4.71. The Kier molecular flexibility index (Phi) is 5.99. The number of carbonyl (C=O) groups excluding carboxylic acids is 1. The van der Waals surface area contributed by atoms with Crippen LogP contribution in [0.4, 0.5) is 10.5 Å². The summed E-state index contributed by atoms with van der Waals surface area (Å²) in [5.41, 5.74) is 4.47. The van der Waals surface area contributed by atoms with E-state index in [9.17, 15) is 4.79 Å². The summed E-state index contributed by atoms with van der Waals surface area (Å²) >= 11 is 0. The van der Waals surface area contributed by atoms with Gasteiger partial charge in [0.2, 0.25) is 0 Å². The van der Waals surface area contributed by atoms with E-state index >= 15 is 0 Å². The van der Waals surface area contributed by atoms with Crippen LogP contribution in [0, 0.1) is 20.8 Å². The molecule has 0 unspecified atom stereocenters. The number of rotatable bonds is 6. The highest BCUT2D eigenvalue weighted by atomic mass is 16.5. The predicted octanol–water partition coefficient (Wildman–Crippen LogP) is 4.84. The van der Waals surface area contributed by atoms with Gasteiger partial charge in [-0.2, -0.15) is 0 Å². The molecule has 0 aliphatic heterocycles. The third-order valence-electron chi connectivity index (χ3n) is 4.54. The summed E-state index contributed by atoms with van der Waals surface area (Å²) in [5.74, 6) is 1.36. The fourth-order valence-electron chi connectivity index (χ4n) is 2.83. The zero-order valence-electron chi connectivity index (χ0n) is 16.7. The monoisotopic (exact) mass is 379 g/mol. The molecule has 0 radical (unpaired) electrons. The second-order valence-electron chi connectivity index (χ2n) is 6.86. The lowest BCUT2D eigenvalue weighted by molar-refractivity contribution is 0.220. The number of hydrogen-bond acceptors (Lipinski definition) is 4. The third-order valence-corrected chi connectivity index (χ3v) is 4.54. The average molecular weight is 379 g/mol. The molecular weight excluding hydrogens is 354 g/mol. The standard InChI is InChI=1S/C22H25N3O3/c1-15-10-11-20(21(12-15)27-14-18-8-6-5-7-9-18)23-22(26)25(4)13-19-16(2)24-28-17(19)3/h5-12H,13-14H2,1-4H3,(H,23,26). The van der Waals surface area contributed by atoms with Crippen molar-refractivity contribution in [2.45, 2.75) is 33.9 Å². The number of carbonyl (C=O) groups is 1. The fraction of sp³-hybridized carbons (Fsp3) is 0.273. The summed E-state index contributed by atoms with van der Waals surface area (Å²) in [5, 5.41) is 6.87. The SMILES string of the molecule is Cc1ccc(NC(=O)N(C)Cc2c(C)noc2C)c(OCc2ccccc2)c1. The normalized spacial score (nSPS) is 10.6. The van der Waals surface area contributed by atoms with Crippen LogP contribution in [0.25, 0.3) is 0 Å². The van der Waals surface area contributed by atoms with Crippen molar-refractivity contribution < 1.29 is 14.1 Å². The second-order valence-corrected chi connectivity index (χ2v) is 6.86. The Morgan fingerprint density at radius 2 is 1.89 bits per heavy atom. The molecule has 1 heterocycles. The van der Waals surface area contributed by atoms with Crippen molar-refractivity contribution >= 4 is 11.7 Å². The first-order valence-corrected chi connectivity index (χ1v) is 9.15. The van der Waals surface area contributed by atoms with Gasteiger partial charge in [0.15, 0.2) is 0 Å². The molecule has 0 saturated heterocycles. The Hall–Kier alpha value is -3.28. The molecule has 28 heavy (non-hydrogen) atoms. The molecule has 6 heteroatoms. The lowest BCUT2D eigenvalue weighted by Gasteiger charge is -2.19. The van der Waals surface area contributed by atoms with E-state index in [-0.39, 0.29) is 6.03 Å². The van der Waals surface area contributed by atoms with Gasteiger partial charge in [0.05, 0.1) is 17.9 Å². The van der Waals surface area contributed by atoms with E-state index in [1.165, 1.54) is 0 Å². The van der Waals surface area contributed by atoms with Crippen LogP contribution in [0.3, 0.4) is 0 Å². The number of aryl methyl sites for hydroxylation is 3. The van der Waals surface area contributed by atoms with Crippen LogP contribution in [0.2, 0.25) is 0 Å². The van der Waals surface area contributed by atoms with E-state index in [4.69, 9.17) is 9.26 Å². The number of hydrogen-bond donors (Lipinski definition) is 1. The van der Waals surface area contributed by atoms with Gasteiger partial charge in [0.1, 0.15) is 18.1 Å². The topological polar surface area (TPSA) is 67.6 Å².